The van der Waals surface area contributed by atoms with Crippen molar-refractivity contribution in [1.29, 1.82) is 0 Å². The summed E-state index contributed by atoms with van der Waals surface area (Å²) in [4.78, 5) is 0. The van der Waals surface area contributed by atoms with Crippen LogP contribution in [0.3, 0.4) is 0 Å². The van der Waals surface area contributed by atoms with Gasteiger partial charge in [-0.2, -0.15) is 0 Å². The average Bonchev–Trinajstić information content (AvgIpc) is 2.55. The highest BCUT2D eigenvalue weighted by molar-refractivity contribution is 5.39. The van der Waals surface area contributed by atoms with Gasteiger partial charge in [0.25, 0.3) is 0 Å². The van der Waals surface area contributed by atoms with Gasteiger partial charge in [-0.1, -0.05) is 39.0 Å². The van der Waals surface area contributed by atoms with Gasteiger partial charge in [-0.25, -0.2) is 0 Å². The van der Waals surface area contributed by atoms with E-state index in [2.05, 4.69) is 24.4 Å². The summed E-state index contributed by atoms with van der Waals surface area (Å²) in [6, 6.07) is 6.60. The van der Waals surface area contributed by atoms with Crippen LogP contribution >= 0.6 is 0 Å². The highest BCUT2D eigenvalue weighted by atomic mass is 16.5. The smallest absolute Gasteiger partial charge is 0.122 e. The minimum Gasteiger partial charge on any atom is -0.497 e. The van der Waals surface area contributed by atoms with Crippen LogP contribution in [0.5, 0.6) is 11.5 Å². The quantitative estimate of drug-likeness (QED) is 0.811. The van der Waals surface area contributed by atoms with E-state index in [0.717, 1.165) is 24.0 Å². The van der Waals surface area contributed by atoms with E-state index in [9.17, 15) is 0 Å². The van der Waals surface area contributed by atoms with Crippen molar-refractivity contribution in [2.45, 2.75) is 51.5 Å². The molecule has 0 saturated heterocycles. The van der Waals surface area contributed by atoms with Crippen molar-refractivity contribution in [3.63, 3.8) is 0 Å². The Morgan fingerprint density at radius 2 is 1.67 bits per heavy atom. The second-order valence-corrected chi connectivity index (χ2v) is 6.00. The molecule has 1 saturated carbocycles. The van der Waals surface area contributed by atoms with E-state index in [4.69, 9.17) is 9.47 Å². The van der Waals surface area contributed by atoms with E-state index in [1.165, 1.54) is 44.1 Å². The van der Waals surface area contributed by atoms with Gasteiger partial charge in [0.15, 0.2) is 0 Å². The third-order valence-corrected chi connectivity index (χ3v) is 4.52. The van der Waals surface area contributed by atoms with Gasteiger partial charge >= 0.3 is 0 Å². The van der Waals surface area contributed by atoms with Gasteiger partial charge in [-0.05, 0) is 36.6 Å². The molecule has 0 amide bonds. The van der Waals surface area contributed by atoms with Crippen LogP contribution in [0.25, 0.3) is 0 Å². The fraction of sp³-hybridized carbons (Fsp3) is 0.667. The van der Waals surface area contributed by atoms with Crippen molar-refractivity contribution >= 4 is 0 Å². The first kappa shape index (κ1) is 16.2. The molecule has 1 aliphatic carbocycles. The molecule has 1 N–H and O–H groups in total. The predicted molar refractivity (Wildman–Crippen MR) is 87.2 cm³/mol. The molecule has 0 aromatic heterocycles. The molecule has 1 aromatic rings. The first-order chi connectivity index (χ1) is 10.3. The molecule has 118 valence electrons. The maximum absolute atomic E-state index is 5.41. The monoisotopic (exact) mass is 291 g/mol. The second-order valence-electron chi connectivity index (χ2n) is 6.00. The number of hydrogen-bond donors (Lipinski definition) is 1. The number of hydrogen-bond acceptors (Lipinski definition) is 3. The zero-order valence-corrected chi connectivity index (χ0v) is 13.7. The number of methoxy groups -OCH3 is 2. The summed E-state index contributed by atoms with van der Waals surface area (Å²) >= 11 is 0. The van der Waals surface area contributed by atoms with Gasteiger partial charge in [0, 0.05) is 12.1 Å². The van der Waals surface area contributed by atoms with E-state index in [-0.39, 0.29) is 0 Å². The minimum atomic E-state index is 0.391. The lowest BCUT2D eigenvalue weighted by Crippen LogP contribution is -2.24. The minimum absolute atomic E-state index is 0.391. The highest BCUT2D eigenvalue weighted by Crippen LogP contribution is 2.34. The molecule has 1 unspecified atom stereocenters. The number of benzene rings is 1. The molecule has 0 aliphatic heterocycles. The van der Waals surface area contributed by atoms with Crippen molar-refractivity contribution in [2.75, 3.05) is 20.8 Å². The second kappa shape index (κ2) is 8.28. The first-order valence-corrected chi connectivity index (χ1v) is 8.23. The standard InChI is InChI=1S/C18H29NO2/c1-4-19-18(10-14-8-6-5-7-9-14)15-11-16(20-2)13-17(12-15)21-3/h11-14,18-19H,4-10H2,1-3H3. The molecular formula is C18H29NO2. The molecule has 2 rings (SSSR count). The van der Waals surface area contributed by atoms with Gasteiger partial charge < -0.3 is 14.8 Å². The van der Waals surface area contributed by atoms with Crippen LogP contribution in [0.2, 0.25) is 0 Å². The Labute approximate surface area is 129 Å². The van der Waals surface area contributed by atoms with E-state index >= 15 is 0 Å². The van der Waals surface area contributed by atoms with Gasteiger partial charge in [-0.3, -0.25) is 0 Å². The SMILES string of the molecule is CCNC(CC1CCCCC1)c1cc(OC)cc(OC)c1. The Morgan fingerprint density at radius 3 is 2.19 bits per heavy atom. The van der Waals surface area contributed by atoms with Crippen LogP contribution in [0, 0.1) is 5.92 Å². The molecule has 1 atom stereocenters. The topological polar surface area (TPSA) is 30.5 Å². The molecule has 3 nitrogen and oxygen atoms in total. The molecule has 0 spiro atoms. The normalized spacial score (nSPS) is 17.5. The predicted octanol–water partition coefficient (Wildman–Crippen LogP) is 4.32. The molecule has 0 bridgehead atoms. The maximum atomic E-state index is 5.41. The number of nitrogens with one attached hydrogen (secondary N) is 1. The zero-order valence-electron chi connectivity index (χ0n) is 13.7. The van der Waals surface area contributed by atoms with Crippen molar-refractivity contribution in [2.24, 2.45) is 5.92 Å². The third kappa shape index (κ3) is 4.63. The third-order valence-electron chi connectivity index (χ3n) is 4.52. The Bertz CT molecular complexity index is 405. The molecule has 1 aliphatic rings. The van der Waals surface area contributed by atoms with Crippen LogP contribution in [0.4, 0.5) is 0 Å². The van der Waals surface area contributed by atoms with Crippen LogP contribution in [0.15, 0.2) is 18.2 Å². The lowest BCUT2D eigenvalue weighted by atomic mass is 9.83. The molecule has 3 heteroatoms. The summed E-state index contributed by atoms with van der Waals surface area (Å²) in [5.41, 5.74) is 1.28. The van der Waals surface area contributed by atoms with Crippen LogP contribution in [0.1, 0.15) is 57.1 Å². The lowest BCUT2D eigenvalue weighted by molar-refractivity contribution is 0.300. The molecule has 1 fully saturated rings. The summed E-state index contributed by atoms with van der Waals surface area (Å²) in [6.45, 7) is 3.15. The maximum Gasteiger partial charge on any atom is 0.122 e. The average molecular weight is 291 g/mol. The first-order valence-electron chi connectivity index (χ1n) is 8.23. The van der Waals surface area contributed by atoms with Crippen LogP contribution in [-0.4, -0.2) is 20.8 Å². The van der Waals surface area contributed by atoms with E-state index < -0.39 is 0 Å². The van der Waals surface area contributed by atoms with E-state index in [0.29, 0.717) is 6.04 Å². The summed E-state index contributed by atoms with van der Waals surface area (Å²) in [5, 5.41) is 3.64. The molecular weight excluding hydrogens is 262 g/mol. The number of rotatable bonds is 7. The van der Waals surface area contributed by atoms with Crippen LogP contribution < -0.4 is 14.8 Å². The van der Waals surface area contributed by atoms with Gasteiger partial charge in [0.2, 0.25) is 0 Å². The molecule has 1 aromatic carbocycles. The van der Waals surface area contributed by atoms with E-state index in [1.807, 2.05) is 6.07 Å². The highest BCUT2D eigenvalue weighted by Gasteiger charge is 2.20. The molecule has 0 heterocycles. The fourth-order valence-electron chi connectivity index (χ4n) is 3.37. The van der Waals surface area contributed by atoms with Crippen molar-refractivity contribution in [3.8, 4) is 11.5 Å². The Hall–Kier alpha value is -1.22. The number of ether oxygens (including phenoxy) is 2. The van der Waals surface area contributed by atoms with Crippen LogP contribution in [-0.2, 0) is 0 Å². The Morgan fingerprint density at radius 1 is 1.05 bits per heavy atom. The molecule has 21 heavy (non-hydrogen) atoms. The summed E-state index contributed by atoms with van der Waals surface area (Å²) in [5.74, 6) is 2.59. The van der Waals surface area contributed by atoms with Crippen molar-refractivity contribution in [1.82, 2.24) is 5.32 Å². The lowest BCUT2D eigenvalue weighted by Gasteiger charge is -2.27. The summed E-state index contributed by atoms with van der Waals surface area (Å²) in [7, 11) is 3.42. The Kier molecular flexibility index (Phi) is 6.37. The summed E-state index contributed by atoms with van der Waals surface area (Å²) in [6.07, 6.45) is 8.17. The largest absolute Gasteiger partial charge is 0.497 e. The van der Waals surface area contributed by atoms with Crippen molar-refractivity contribution < 1.29 is 9.47 Å². The zero-order chi connectivity index (χ0) is 15.1. The van der Waals surface area contributed by atoms with Gasteiger partial charge in [-0.15, -0.1) is 0 Å². The fourth-order valence-corrected chi connectivity index (χ4v) is 3.37. The van der Waals surface area contributed by atoms with Gasteiger partial charge in [0.05, 0.1) is 14.2 Å². The van der Waals surface area contributed by atoms with Gasteiger partial charge in [0.1, 0.15) is 11.5 Å². The van der Waals surface area contributed by atoms with Crippen molar-refractivity contribution in [3.05, 3.63) is 23.8 Å². The Balaban J connectivity index is 2.15. The van der Waals surface area contributed by atoms with E-state index in [1.54, 1.807) is 14.2 Å². The molecule has 0 radical (unpaired) electrons. The summed E-state index contributed by atoms with van der Waals surface area (Å²) < 4.78 is 10.8.